The molecule has 3 saturated heterocycles. The number of carbonyl (C=O) groups is 3. The molecule has 0 aromatic heterocycles. The van der Waals surface area contributed by atoms with E-state index < -0.39 is 35.1 Å². The molecule has 3 aliphatic rings. The number of hydrogen-bond donors (Lipinski definition) is 3. The number of likely N-dealkylation sites (tertiary alicyclic amines) is 1. The highest BCUT2D eigenvalue weighted by Gasteiger charge is 2.78. The first-order valence-corrected chi connectivity index (χ1v) is 12.8. The van der Waals surface area contributed by atoms with Crippen LogP contribution in [0.25, 0.3) is 0 Å². The normalized spacial score (nSPS) is 32.2. The third-order valence-corrected chi connectivity index (χ3v) is 8.26. The summed E-state index contributed by atoms with van der Waals surface area (Å²) in [4.78, 5) is 42.9. The van der Waals surface area contributed by atoms with Gasteiger partial charge in [-0.15, -0.1) is 0 Å². The summed E-state index contributed by atoms with van der Waals surface area (Å²) in [5, 5.41) is 16.3. The lowest BCUT2D eigenvalue weighted by Gasteiger charge is -2.38. The van der Waals surface area contributed by atoms with Crippen molar-refractivity contribution in [3.63, 3.8) is 0 Å². The molecule has 6 atom stereocenters. The first kappa shape index (κ1) is 25.6. The summed E-state index contributed by atoms with van der Waals surface area (Å²) in [5.74, 6) is -2.35. The number of anilines is 1. The van der Waals surface area contributed by atoms with Gasteiger partial charge in [0, 0.05) is 12.2 Å². The van der Waals surface area contributed by atoms with E-state index in [1.807, 2.05) is 59.7 Å². The van der Waals surface area contributed by atoms with Crippen molar-refractivity contribution in [1.29, 1.82) is 0 Å². The molecule has 2 bridgehead atoms. The van der Waals surface area contributed by atoms with E-state index in [-0.39, 0.29) is 30.2 Å². The second-order valence-electron chi connectivity index (χ2n) is 11.1. The minimum atomic E-state index is -1.11. The SMILES string of the molecule is CCCNC(=O)[C@H]1[C@H]2C(=O)N([C@@H](CO)C(C)C)C(C(=O)Nc3cc(C)ccc3C)C23CC[C@]1(C)O3. The summed E-state index contributed by atoms with van der Waals surface area (Å²) in [6, 6.07) is 4.33. The zero-order valence-corrected chi connectivity index (χ0v) is 21.7. The highest BCUT2D eigenvalue weighted by Crippen LogP contribution is 2.63. The summed E-state index contributed by atoms with van der Waals surface area (Å²) >= 11 is 0. The van der Waals surface area contributed by atoms with Gasteiger partial charge in [-0.3, -0.25) is 14.4 Å². The molecule has 8 nitrogen and oxygen atoms in total. The number of nitrogens with zero attached hydrogens (tertiary/aromatic N) is 1. The predicted molar refractivity (Wildman–Crippen MR) is 133 cm³/mol. The third kappa shape index (κ3) is 3.95. The maximum absolute atomic E-state index is 14.1. The van der Waals surface area contributed by atoms with Crippen molar-refractivity contribution in [3.8, 4) is 0 Å². The lowest BCUT2D eigenvalue weighted by Crippen LogP contribution is -2.57. The van der Waals surface area contributed by atoms with Gasteiger partial charge in [0.15, 0.2) is 0 Å². The number of aryl methyl sites for hydroxylation is 2. The Kier molecular flexibility index (Phi) is 6.74. The van der Waals surface area contributed by atoms with Crippen LogP contribution < -0.4 is 10.6 Å². The fraction of sp³-hybridized carbons (Fsp3) is 0.667. The molecular formula is C27H39N3O5. The molecule has 4 rings (SSSR count). The molecule has 1 aromatic carbocycles. The van der Waals surface area contributed by atoms with Crippen molar-refractivity contribution < 1.29 is 24.2 Å². The zero-order chi connectivity index (χ0) is 25.7. The molecule has 3 heterocycles. The molecule has 3 N–H and O–H groups in total. The number of ether oxygens (including phenoxy) is 1. The second-order valence-corrected chi connectivity index (χ2v) is 11.1. The van der Waals surface area contributed by atoms with Gasteiger partial charge in [-0.25, -0.2) is 0 Å². The number of amides is 3. The van der Waals surface area contributed by atoms with E-state index in [4.69, 9.17) is 4.74 Å². The summed E-state index contributed by atoms with van der Waals surface area (Å²) in [5.41, 5.74) is 0.689. The Morgan fingerprint density at radius 1 is 1.23 bits per heavy atom. The van der Waals surface area contributed by atoms with E-state index in [2.05, 4.69) is 10.6 Å². The number of fused-ring (bicyclic) bond motifs is 1. The van der Waals surface area contributed by atoms with Crippen LogP contribution in [-0.2, 0) is 19.1 Å². The van der Waals surface area contributed by atoms with Crippen LogP contribution in [0.4, 0.5) is 5.69 Å². The Labute approximate surface area is 207 Å². The van der Waals surface area contributed by atoms with E-state index in [1.165, 1.54) is 4.90 Å². The molecule has 0 aliphatic carbocycles. The van der Waals surface area contributed by atoms with Crippen LogP contribution >= 0.6 is 0 Å². The summed E-state index contributed by atoms with van der Waals surface area (Å²) in [6.07, 6.45) is 1.88. The van der Waals surface area contributed by atoms with Gasteiger partial charge in [0.1, 0.15) is 11.6 Å². The van der Waals surface area contributed by atoms with E-state index in [9.17, 15) is 19.5 Å². The van der Waals surface area contributed by atoms with Gasteiger partial charge in [-0.1, -0.05) is 32.9 Å². The van der Waals surface area contributed by atoms with Crippen molar-refractivity contribution in [3.05, 3.63) is 29.3 Å². The van der Waals surface area contributed by atoms with Crippen molar-refractivity contribution in [2.45, 2.75) is 84.1 Å². The van der Waals surface area contributed by atoms with E-state index in [1.54, 1.807) is 0 Å². The van der Waals surface area contributed by atoms with Gasteiger partial charge in [0.05, 0.1) is 30.1 Å². The molecule has 3 fully saturated rings. The van der Waals surface area contributed by atoms with Crippen LogP contribution in [0.1, 0.15) is 58.1 Å². The van der Waals surface area contributed by atoms with Crippen molar-refractivity contribution in [2.75, 3.05) is 18.5 Å². The van der Waals surface area contributed by atoms with Gasteiger partial charge in [0.2, 0.25) is 17.7 Å². The Hall–Kier alpha value is -2.45. The molecule has 2 unspecified atom stereocenters. The van der Waals surface area contributed by atoms with Crippen LogP contribution in [0.5, 0.6) is 0 Å². The van der Waals surface area contributed by atoms with Crippen LogP contribution in [0.3, 0.4) is 0 Å². The number of aliphatic hydroxyl groups excluding tert-OH is 1. The summed E-state index contributed by atoms with van der Waals surface area (Å²) in [7, 11) is 0. The Morgan fingerprint density at radius 3 is 2.57 bits per heavy atom. The number of hydrogen-bond acceptors (Lipinski definition) is 5. The van der Waals surface area contributed by atoms with Crippen LogP contribution in [-0.4, -0.2) is 64.2 Å². The first-order chi connectivity index (χ1) is 16.5. The molecule has 192 valence electrons. The highest BCUT2D eigenvalue weighted by atomic mass is 16.5. The fourth-order valence-corrected chi connectivity index (χ4v) is 6.47. The third-order valence-electron chi connectivity index (χ3n) is 8.26. The van der Waals surface area contributed by atoms with Crippen LogP contribution in [0.2, 0.25) is 0 Å². The molecule has 0 radical (unpaired) electrons. The van der Waals surface area contributed by atoms with Crippen LogP contribution in [0.15, 0.2) is 18.2 Å². The predicted octanol–water partition coefficient (Wildman–Crippen LogP) is 2.55. The van der Waals surface area contributed by atoms with Gasteiger partial charge in [0.25, 0.3) is 0 Å². The molecule has 8 heteroatoms. The molecule has 3 aliphatic heterocycles. The van der Waals surface area contributed by atoms with E-state index >= 15 is 0 Å². The lowest BCUT2D eigenvalue weighted by molar-refractivity contribution is -0.149. The minimum Gasteiger partial charge on any atom is -0.394 e. The molecule has 35 heavy (non-hydrogen) atoms. The molecule has 3 amide bonds. The van der Waals surface area contributed by atoms with Gasteiger partial charge in [-0.05, 0) is 63.1 Å². The highest BCUT2D eigenvalue weighted by molar-refractivity contribution is 6.04. The van der Waals surface area contributed by atoms with E-state index in [0.717, 1.165) is 17.5 Å². The van der Waals surface area contributed by atoms with Gasteiger partial charge < -0.3 is 25.4 Å². The number of carbonyl (C=O) groups excluding carboxylic acids is 3. The largest absolute Gasteiger partial charge is 0.394 e. The van der Waals surface area contributed by atoms with Crippen LogP contribution in [0, 0.1) is 31.6 Å². The number of nitrogens with one attached hydrogen (secondary N) is 2. The Morgan fingerprint density at radius 2 is 1.94 bits per heavy atom. The fourth-order valence-electron chi connectivity index (χ4n) is 6.47. The smallest absolute Gasteiger partial charge is 0.250 e. The monoisotopic (exact) mass is 485 g/mol. The molecule has 1 aromatic rings. The standard InChI is InChI=1S/C27H39N3O5/c1-7-12-28-23(32)20-21-25(34)30(19(14-31)15(2)3)22(27(21)11-10-26(20,6)35-27)24(33)29-18-13-16(4)8-9-17(18)5/h8-9,13,15,19-22,31H,7,10-12,14H2,1-6H3,(H,28,32)(H,29,33)/t19-,20+,21-,22?,26-,27?/m0/s1. The maximum atomic E-state index is 14.1. The van der Waals surface area contributed by atoms with Crippen molar-refractivity contribution in [2.24, 2.45) is 17.8 Å². The Balaban J connectivity index is 1.78. The zero-order valence-electron chi connectivity index (χ0n) is 21.7. The maximum Gasteiger partial charge on any atom is 0.250 e. The summed E-state index contributed by atoms with van der Waals surface area (Å²) in [6.45, 7) is 11.8. The molecular weight excluding hydrogens is 446 g/mol. The number of aliphatic hydroxyl groups is 1. The molecule has 1 spiro atoms. The average Bonchev–Trinajstić information content (AvgIpc) is 3.36. The minimum absolute atomic E-state index is 0.0877. The van der Waals surface area contributed by atoms with Gasteiger partial charge in [-0.2, -0.15) is 0 Å². The number of rotatable bonds is 8. The second kappa shape index (κ2) is 9.21. The van der Waals surface area contributed by atoms with E-state index in [0.29, 0.717) is 25.1 Å². The van der Waals surface area contributed by atoms with Gasteiger partial charge >= 0.3 is 0 Å². The molecule has 0 saturated carbocycles. The quantitative estimate of drug-likeness (QED) is 0.525. The topological polar surface area (TPSA) is 108 Å². The number of benzene rings is 1. The lowest BCUT2D eigenvalue weighted by atomic mass is 9.66. The Bertz CT molecular complexity index is 1030. The average molecular weight is 486 g/mol. The van der Waals surface area contributed by atoms with Crippen molar-refractivity contribution in [1.82, 2.24) is 10.2 Å². The van der Waals surface area contributed by atoms with Crippen molar-refractivity contribution >= 4 is 23.4 Å². The first-order valence-electron chi connectivity index (χ1n) is 12.8. The summed E-state index contributed by atoms with van der Waals surface area (Å²) < 4.78 is 6.62.